The molecule has 0 aliphatic heterocycles. The molecule has 0 radical (unpaired) electrons. The van der Waals surface area contributed by atoms with Gasteiger partial charge in [0.25, 0.3) is 0 Å². The maximum atomic E-state index is 11.9. The minimum absolute atomic E-state index is 0.101. The van der Waals surface area contributed by atoms with E-state index in [0.717, 1.165) is 16.6 Å². The van der Waals surface area contributed by atoms with Crippen molar-refractivity contribution in [2.24, 2.45) is 0 Å². The molecule has 0 saturated heterocycles. The van der Waals surface area contributed by atoms with E-state index in [2.05, 4.69) is 4.98 Å². The van der Waals surface area contributed by atoms with Crippen LogP contribution in [0.15, 0.2) is 23.0 Å². The van der Waals surface area contributed by atoms with Gasteiger partial charge in [0.15, 0.2) is 11.2 Å². The van der Waals surface area contributed by atoms with Crippen molar-refractivity contribution in [1.29, 1.82) is 0 Å². The lowest BCUT2D eigenvalue weighted by Crippen LogP contribution is -2.09. The molecule has 1 aromatic heterocycles. The van der Waals surface area contributed by atoms with Gasteiger partial charge in [-0.2, -0.15) is 0 Å². The summed E-state index contributed by atoms with van der Waals surface area (Å²) in [5.41, 5.74) is 3.00. The number of ketones is 1. The number of aromatic amines is 1. The highest BCUT2D eigenvalue weighted by molar-refractivity contribution is 5.95. The molecule has 0 fully saturated rings. The van der Waals surface area contributed by atoms with Gasteiger partial charge in [-0.05, 0) is 31.0 Å². The first-order valence-electron chi connectivity index (χ1n) is 5.14. The molecule has 0 aliphatic rings. The van der Waals surface area contributed by atoms with Crippen LogP contribution in [0, 0.1) is 13.8 Å². The Balaban J connectivity index is 2.93. The lowest BCUT2D eigenvalue weighted by atomic mass is 10.0. The van der Waals surface area contributed by atoms with E-state index in [1.54, 1.807) is 0 Å². The van der Waals surface area contributed by atoms with Crippen LogP contribution in [-0.4, -0.2) is 10.8 Å². The van der Waals surface area contributed by atoms with Gasteiger partial charge in [0.2, 0.25) is 0 Å². The van der Waals surface area contributed by atoms with Crippen molar-refractivity contribution in [3.63, 3.8) is 0 Å². The Bertz CT molecular complexity index is 638. The van der Waals surface area contributed by atoms with Gasteiger partial charge < -0.3 is 4.98 Å². The molecule has 0 unspecified atom stereocenters. The second-order valence-corrected chi connectivity index (χ2v) is 4.11. The molecule has 82 valence electrons. The second kappa shape index (κ2) is 3.59. The molecule has 0 spiro atoms. The molecule has 0 aliphatic carbocycles. The summed E-state index contributed by atoms with van der Waals surface area (Å²) in [4.78, 5) is 26.1. The van der Waals surface area contributed by atoms with Crippen LogP contribution in [0.4, 0.5) is 0 Å². The van der Waals surface area contributed by atoms with Crippen LogP contribution in [0.3, 0.4) is 0 Å². The van der Waals surface area contributed by atoms with Crippen LogP contribution in [0.2, 0.25) is 0 Å². The number of fused-ring (bicyclic) bond motifs is 1. The van der Waals surface area contributed by atoms with Gasteiger partial charge in [0.05, 0.1) is 11.2 Å². The Hall–Kier alpha value is -1.90. The van der Waals surface area contributed by atoms with Gasteiger partial charge in [-0.1, -0.05) is 6.07 Å². The number of aromatic nitrogens is 1. The Kier molecular flexibility index (Phi) is 2.38. The lowest BCUT2D eigenvalue weighted by molar-refractivity contribution is 0.101. The van der Waals surface area contributed by atoms with E-state index in [9.17, 15) is 9.59 Å². The molecular formula is C13H13NO2. The Morgan fingerprint density at radius 1 is 1.19 bits per heavy atom. The van der Waals surface area contributed by atoms with Gasteiger partial charge in [-0.25, -0.2) is 0 Å². The van der Waals surface area contributed by atoms with E-state index in [-0.39, 0.29) is 11.2 Å². The SMILES string of the molecule is CC(=O)c1cc(=O)c2c(C)cc(C)cc2[nH]1. The predicted molar refractivity (Wildman–Crippen MR) is 64.0 cm³/mol. The summed E-state index contributed by atoms with van der Waals surface area (Å²) in [5, 5.41) is 0.663. The smallest absolute Gasteiger partial charge is 0.190 e. The average molecular weight is 215 g/mol. The van der Waals surface area contributed by atoms with E-state index in [0.29, 0.717) is 11.1 Å². The quantitative estimate of drug-likeness (QED) is 0.742. The molecule has 3 heteroatoms. The fourth-order valence-electron chi connectivity index (χ4n) is 1.97. The van der Waals surface area contributed by atoms with Crippen molar-refractivity contribution >= 4 is 16.7 Å². The summed E-state index contributed by atoms with van der Waals surface area (Å²) in [6, 6.07) is 5.22. The third-order valence-electron chi connectivity index (χ3n) is 2.65. The zero-order valence-corrected chi connectivity index (χ0v) is 9.55. The summed E-state index contributed by atoms with van der Waals surface area (Å²) in [6.45, 7) is 5.31. The minimum Gasteiger partial charge on any atom is -0.352 e. The number of hydrogen-bond acceptors (Lipinski definition) is 2. The Morgan fingerprint density at radius 3 is 2.50 bits per heavy atom. The van der Waals surface area contributed by atoms with Crippen molar-refractivity contribution in [1.82, 2.24) is 4.98 Å². The summed E-state index contributed by atoms with van der Waals surface area (Å²) in [7, 11) is 0. The molecule has 1 aromatic carbocycles. The number of H-pyrrole nitrogens is 1. The largest absolute Gasteiger partial charge is 0.352 e. The molecule has 0 saturated carbocycles. The number of rotatable bonds is 1. The Morgan fingerprint density at radius 2 is 1.88 bits per heavy atom. The highest BCUT2D eigenvalue weighted by atomic mass is 16.1. The third-order valence-corrected chi connectivity index (χ3v) is 2.65. The fourth-order valence-corrected chi connectivity index (χ4v) is 1.97. The normalized spacial score (nSPS) is 10.7. The lowest BCUT2D eigenvalue weighted by Gasteiger charge is -2.05. The molecule has 2 rings (SSSR count). The van der Waals surface area contributed by atoms with Gasteiger partial charge in [0.1, 0.15) is 0 Å². The number of hydrogen-bond donors (Lipinski definition) is 1. The van der Waals surface area contributed by atoms with Crippen LogP contribution in [0.5, 0.6) is 0 Å². The second-order valence-electron chi connectivity index (χ2n) is 4.11. The average Bonchev–Trinajstić information content (AvgIpc) is 2.15. The number of carbonyl (C=O) groups excluding carboxylic acids is 1. The molecule has 0 bridgehead atoms. The molecule has 16 heavy (non-hydrogen) atoms. The summed E-state index contributed by atoms with van der Waals surface area (Å²) < 4.78 is 0. The number of nitrogens with one attached hydrogen (secondary N) is 1. The molecule has 2 aromatic rings. The van der Waals surface area contributed by atoms with Gasteiger partial charge in [0, 0.05) is 18.4 Å². The van der Waals surface area contributed by atoms with Gasteiger partial charge in [-0.15, -0.1) is 0 Å². The standard InChI is InChI=1S/C13H13NO2/c1-7-4-8(2)13-11(5-7)14-10(9(3)15)6-12(13)16/h4-6H,1-3H3,(H,14,16). The maximum absolute atomic E-state index is 11.9. The van der Waals surface area contributed by atoms with Crippen LogP contribution in [-0.2, 0) is 0 Å². The predicted octanol–water partition coefficient (Wildman–Crippen LogP) is 2.35. The molecule has 1 N–H and O–H groups in total. The zero-order valence-electron chi connectivity index (χ0n) is 9.55. The van der Waals surface area contributed by atoms with E-state index in [1.165, 1.54) is 13.0 Å². The fraction of sp³-hybridized carbons (Fsp3) is 0.231. The first kappa shape index (κ1) is 10.6. The van der Waals surface area contributed by atoms with Crippen molar-refractivity contribution in [3.05, 3.63) is 45.2 Å². The number of pyridine rings is 1. The number of Topliss-reactive ketones (excluding diaryl/α,β-unsaturated/α-hetero) is 1. The topological polar surface area (TPSA) is 49.9 Å². The van der Waals surface area contributed by atoms with Crippen LogP contribution >= 0.6 is 0 Å². The first-order chi connectivity index (χ1) is 7.49. The number of benzene rings is 1. The monoisotopic (exact) mass is 215 g/mol. The van der Waals surface area contributed by atoms with Crippen LogP contribution in [0.25, 0.3) is 10.9 Å². The summed E-state index contributed by atoms with van der Waals surface area (Å²) in [5.74, 6) is -0.127. The Labute approximate surface area is 93.1 Å². The molecule has 0 atom stereocenters. The highest BCUT2D eigenvalue weighted by Crippen LogP contribution is 2.15. The maximum Gasteiger partial charge on any atom is 0.190 e. The number of carbonyl (C=O) groups is 1. The van der Waals surface area contributed by atoms with Gasteiger partial charge in [-0.3, -0.25) is 9.59 Å². The van der Waals surface area contributed by atoms with Crippen molar-refractivity contribution < 1.29 is 4.79 Å². The van der Waals surface area contributed by atoms with Crippen molar-refractivity contribution in [2.45, 2.75) is 20.8 Å². The van der Waals surface area contributed by atoms with E-state index in [1.807, 2.05) is 26.0 Å². The van der Waals surface area contributed by atoms with Gasteiger partial charge >= 0.3 is 0 Å². The molecule has 0 amide bonds. The van der Waals surface area contributed by atoms with E-state index >= 15 is 0 Å². The molecule has 3 nitrogen and oxygen atoms in total. The van der Waals surface area contributed by atoms with Crippen LogP contribution < -0.4 is 5.43 Å². The number of aryl methyl sites for hydroxylation is 2. The molecule has 1 heterocycles. The van der Waals surface area contributed by atoms with E-state index in [4.69, 9.17) is 0 Å². The minimum atomic E-state index is -0.127. The van der Waals surface area contributed by atoms with Crippen LogP contribution in [0.1, 0.15) is 28.5 Å². The third kappa shape index (κ3) is 1.65. The first-order valence-corrected chi connectivity index (χ1v) is 5.14. The zero-order chi connectivity index (χ0) is 11.9. The summed E-state index contributed by atoms with van der Waals surface area (Å²) in [6.07, 6.45) is 0. The highest BCUT2D eigenvalue weighted by Gasteiger charge is 2.07. The van der Waals surface area contributed by atoms with Crippen molar-refractivity contribution in [3.8, 4) is 0 Å². The van der Waals surface area contributed by atoms with Crippen molar-refractivity contribution in [2.75, 3.05) is 0 Å². The molecular weight excluding hydrogens is 202 g/mol. The summed E-state index contributed by atoms with van der Waals surface area (Å²) >= 11 is 0. The van der Waals surface area contributed by atoms with E-state index < -0.39 is 0 Å².